The van der Waals surface area contributed by atoms with E-state index in [4.69, 9.17) is 9.02 Å². The standard InChI is InChI=1S/C15H25N3O3S/c1-4-20-14(12-17-21-22-18(2)3)10-11-16-15(19)13-8-6-5-7-9-13/h5-9,14,17H,4,10-12H2,1-3H3,(H,16,19). The minimum absolute atomic E-state index is 0.0103. The Hall–Kier alpha value is -1.12. The van der Waals surface area contributed by atoms with Crippen LogP contribution in [-0.4, -0.2) is 50.1 Å². The maximum atomic E-state index is 11.9. The highest BCUT2D eigenvalue weighted by atomic mass is 32.2. The number of nitrogens with one attached hydrogen (secondary N) is 2. The maximum Gasteiger partial charge on any atom is 0.251 e. The van der Waals surface area contributed by atoms with Gasteiger partial charge in [0.25, 0.3) is 5.91 Å². The van der Waals surface area contributed by atoms with E-state index in [2.05, 4.69) is 10.8 Å². The summed E-state index contributed by atoms with van der Waals surface area (Å²) in [6.45, 7) is 3.70. The van der Waals surface area contributed by atoms with E-state index in [9.17, 15) is 4.79 Å². The molecule has 1 unspecified atom stereocenters. The second kappa shape index (κ2) is 11.4. The van der Waals surface area contributed by atoms with Gasteiger partial charge in [-0.2, -0.15) is 5.48 Å². The van der Waals surface area contributed by atoms with Gasteiger partial charge >= 0.3 is 0 Å². The summed E-state index contributed by atoms with van der Waals surface area (Å²) in [7, 11) is 3.79. The predicted octanol–water partition coefficient (Wildman–Crippen LogP) is 1.86. The van der Waals surface area contributed by atoms with Crippen LogP contribution in [-0.2, 0) is 9.02 Å². The highest BCUT2D eigenvalue weighted by Crippen LogP contribution is 2.03. The average molecular weight is 327 g/mol. The summed E-state index contributed by atoms with van der Waals surface area (Å²) in [5.41, 5.74) is 3.52. The molecule has 0 saturated heterocycles. The van der Waals surface area contributed by atoms with Crippen molar-refractivity contribution in [2.45, 2.75) is 19.4 Å². The number of benzene rings is 1. The third-order valence-electron chi connectivity index (χ3n) is 2.75. The topological polar surface area (TPSA) is 62.8 Å². The van der Waals surface area contributed by atoms with Crippen molar-refractivity contribution in [3.8, 4) is 0 Å². The second-order valence-electron chi connectivity index (χ2n) is 4.81. The van der Waals surface area contributed by atoms with Crippen LogP contribution in [0.5, 0.6) is 0 Å². The summed E-state index contributed by atoms with van der Waals surface area (Å²) in [6.07, 6.45) is 0.707. The molecule has 0 radical (unpaired) electrons. The molecule has 7 heteroatoms. The van der Waals surface area contributed by atoms with Crippen LogP contribution in [0.1, 0.15) is 23.7 Å². The summed E-state index contributed by atoms with van der Waals surface area (Å²) in [5.74, 6) is -0.0665. The highest BCUT2D eigenvalue weighted by Gasteiger charge is 2.10. The number of ether oxygens (including phenoxy) is 1. The Morgan fingerprint density at radius 2 is 2.05 bits per heavy atom. The Labute approximate surface area is 136 Å². The number of nitrogens with zero attached hydrogens (tertiary/aromatic N) is 1. The fourth-order valence-corrected chi connectivity index (χ4v) is 2.02. The van der Waals surface area contributed by atoms with Crippen LogP contribution in [0.3, 0.4) is 0 Å². The molecular formula is C15H25N3O3S. The Morgan fingerprint density at radius 3 is 2.68 bits per heavy atom. The van der Waals surface area contributed by atoms with E-state index < -0.39 is 0 Å². The van der Waals surface area contributed by atoms with Gasteiger partial charge in [-0.15, -0.1) is 0 Å². The van der Waals surface area contributed by atoms with Crippen LogP contribution in [0, 0.1) is 0 Å². The zero-order valence-electron chi connectivity index (χ0n) is 13.4. The highest BCUT2D eigenvalue weighted by molar-refractivity contribution is 7.92. The Bertz CT molecular complexity index is 418. The molecule has 0 bridgehead atoms. The number of hydroxylamine groups is 1. The number of amides is 1. The quantitative estimate of drug-likeness (QED) is 0.280. The van der Waals surface area contributed by atoms with Crippen molar-refractivity contribution in [1.82, 2.24) is 15.1 Å². The van der Waals surface area contributed by atoms with Gasteiger partial charge in [0.2, 0.25) is 0 Å². The van der Waals surface area contributed by atoms with E-state index in [1.807, 2.05) is 43.5 Å². The van der Waals surface area contributed by atoms with Crippen molar-refractivity contribution in [3.05, 3.63) is 35.9 Å². The van der Waals surface area contributed by atoms with Gasteiger partial charge in [0.05, 0.1) is 6.10 Å². The van der Waals surface area contributed by atoms with E-state index in [0.29, 0.717) is 25.3 Å². The van der Waals surface area contributed by atoms with Crippen LogP contribution in [0.2, 0.25) is 0 Å². The molecule has 1 rings (SSSR count). The molecule has 1 aromatic rings. The molecule has 1 atom stereocenters. The van der Waals surface area contributed by atoms with Gasteiger partial charge in [-0.05, 0) is 39.6 Å². The minimum Gasteiger partial charge on any atom is -0.377 e. The van der Waals surface area contributed by atoms with Gasteiger partial charge in [0, 0.05) is 25.3 Å². The summed E-state index contributed by atoms with van der Waals surface area (Å²) in [4.78, 5) is 11.9. The van der Waals surface area contributed by atoms with Gasteiger partial charge in [0.1, 0.15) is 12.2 Å². The van der Waals surface area contributed by atoms with Crippen molar-refractivity contribution in [2.24, 2.45) is 0 Å². The lowest BCUT2D eigenvalue weighted by Gasteiger charge is -2.18. The van der Waals surface area contributed by atoms with Gasteiger partial charge in [-0.3, -0.25) is 4.79 Å². The Kier molecular flexibility index (Phi) is 9.85. The first-order valence-electron chi connectivity index (χ1n) is 7.32. The van der Waals surface area contributed by atoms with E-state index >= 15 is 0 Å². The molecule has 0 spiro atoms. The molecular weight excluding hydrogens is 302 g/mol. The maximum absolute atomic E-state index is 11.9. The van der Waals surface area contributed by atoms with E-state index in [-0.39, 0.29) is 12.0 Å². The third kappa shape index (κ3) is 8.35. The second-order valence-corrected chi connectivity index (χ2v) is 5.85. The van der Waals surface area contributed by atoms with Gasteiger partial charge in [0.15, 0.2) is 0 Å². The Balaban J connectivity index is 2.24. The molecule has 1 aromatic carbocycles. The predicted molar refractivity (Wildman–Crippen MR) is 89.2 cm³/mol. The smallest absolute Gasteiger partial charge is 0.251 e. The lowest BCUT2D eigenvalue weighted by atomic mass is 10.2. The summed E-state index contributed by atoms with van der Waals surface area (Å²) in [5, 5.41) is 2.90. The SMILES string of the molecule is CCOC(CCNC(=O)c1ccccc1)CNOSN(C)C. The van der Waals surface area contributed by atoms with Crippen molar-refractivity contribution in [1.29, 1.82) is 0 Å². The van der Waals surface area contributed by atoms with Crippen molar-refractivity contribution < 1.29 is 13.8 Å². The fraction of sp³-hybridized carbons (Fsp3) is 0.533. The molecule has 6 nitrogen and oxygen atoms in total. The number of hydrogen-bond acceptors (Lipinski definition) is 6. The molecule has 2 N–H and O–H groups in total. The van der Waals surface area contributed by atoms with Crippen molar-refractivity contribution in [3.63, 3.8) is 0 Å². The van der Waals surface area contributed by atoms with Crippen LogP contribution in [0.25, 0.3) is 0 Å². The summed E-state index contributed by atoms with van der Waals surface area (Å²) < 4.78 is 12.6. The molecule has 0 fully saturated rings. The first-order chi connectivity index (χ1) is 10.6. The molecule has 1 amide bonds. The molecule has 0 saturated carbocycles. The monoisotopic (exact) mass is 327 g/mol. The van der Waals surface area contributed by atoms with Crippen LogP contribution < -0.4 is 10.8 Å². The molecule has 0 aliphatic heterocycles. The zero-order valence-corrected chi connectivity index (χ0v) is 14.2. The van der Waals surface area contributed by atoms with Crippen LogP contribution in [0.4, 0.5) is 0 Å². The van der Waals surface area contributed by atoms with E-state index in [1.165, 1.54) is 12.2 Å². The minimum atomic E-state index is -0.0665. The van der Waals surface area contributed by atoms with Gasteiger partial charge in [-0.1, -0.05) is 18.2 Å². The average Bonchev–Trinajstić information content (AvgIpc) is 2.52. The summed E-state index contributed by atoms with van der Waals surface area (Å²) >= 11 is 1.21. The zero-order chi connectivity index (χ0) is 16.2. The van der Waals surface area contributed by atoms with Crippen LogP contribution >= 0.6 is 12.2 Å². The van der Waals surface area contributed by atoms with E-state index in [1.54, 1.807) is 12.1 Å². The molecule has 0 aliphatic carbocycles. The number of hydrogen-bond donors (Lipinski definition) is 2. The first kappa shape index (κ1) is 18.9. The number of rotatable bonds is 11. The van der Waals surface area contributed by atoms with Gasteiger partial charge in [-0.25, -0.2) is 8.59 Å². The number of carbonyl (C=O) groups is 1. The fourth-order valence-electron chi connectivity index (χ4n) is 1.75. The molecule has 22 heavy (non-hydrogen) atoms. The number of carbonyl (C=O) groups excluding carboxylic acids is 1. The molecule has 0 heterocycles. The van der Waals surface area contributed by atoms with Crippen molar-refractivity contribution in [2.75, 3.05) is 33.8 Å². The largest absolute Gasteiger partial charge is 0.377 e. The third-order valence-corrected chi connectivity index (χ3v) is 3.24. The lowest BCUT2D eigenvalue weighted by Crippen LogP contribution is -2.33. The molecule has 0 aromatic heterocycles. The normalized spacial score (nSPS) is 12.4. The van der Waals surface area contributed by atoms with E-state index in [0.717, 1.165) is 6.42 Å². The summed E-state index contributed by atoms with van der Waals surface area (Å²) in [6, 6.07) is 9.18. The molecule has 124 valence electrons. The van der Waals surface area contributed by atoms with Crippen LogP contribution in [0.15, 0.2) is 30.3 Å². The Morgan fingerprint density at radius 1 is 1.32 bits per heavy atom. The van der Waals surface area contributed by atoms with Gasteiger partial charge < -0.3 is 10.1 Å². The molecule has 0 aliphatic rings. The van der Waals surface area contributed by atoms with Crippen molar-refractivity contribution >= 4 is 18.1 Å². The first-order valence-corrected chi connectivity index (χ1v) is 8.02. The lowest BCUT2D eigenvalue weighted by molar-refractivity contribution is 0.0363.